The molecule has 0 saturated heterocycles. The zero-order chi connectivity index (χ0) is 24.1. The summed E-state index contributed by atoms with van der Waals surface area (Å²) in [6, 6.07) is 0. The van der Waals surface area contributed by atoms with Gasteiger partial charge in [0.2, 0.25) is 0 Å². The molecule has 0 aromatic carbocycles. The summed E-state index contributed by atoms with van der Waals surface area (Å²) in [7, 11) is -0.585. The summed E-state index contributed by atoms with van der Waals surface area (Å²) in [4.78, 5) is 25.9. The molecule has 0 aliphatic heterocycles. The fraction of sp³-hybridized carbons (Fsp3) is 0.750. The normalized spacial score (nSPS) is 25.2. The number of carbonyl (C=O) groups excluding carboxylic acids is 2. The smallest absolute Gasteiger partial charge is 0.468 e. The van der Waals surface area contributed by atoms with Crippen LogP contribution in [0.25, 0.3) is 0 Å². The Balaban J connectivity index is 2.70. The van der Waals surface area contributed by atoms with Crippen LogP contribution >= 0.6 is 0 Å². The number of hydrogen-bond acceptors (Lipinski definition) is 7. The van der Waals surface area contributed by atoms with Crippen molar-refractivity contribution in [2.45, 2.75) is 59.4 Å². The van der Waals surface area contributed by atoms with Gasteiger partial charge in [-0.05, 0) is 57.8 Å². The third-order valence-corrected chi connectivity index (χ3v) is 10.3. The molecule has 0 aromatic rings. The molecule has 8 heteroatoms. The molecule has 7 nitrogen and oxygen atoms in total. The van der Waals surface area contributed by atoms with Crippen LogP contribution in [-0.2, 0) is 32.3 Å². The number of carbonyl (C=O) groups is 2. The number of allylic oxidation sites excluding steroid dienone is 3. The number of esters is 2. The molecule has 32 heavy (non-hydrogen) atoms. The highest BCUT2D eigenvalue weighted by atomic mass is 28.4. The van der Waals surface area contributed by atoms with E-state index in [1.807, 2.05) is 20.8 Å². The summed E-state index contributed by atoms with van der Waals surface area (Å²) in [5.74, 6) is -1.01. The van der Waals surface area contributed by atoms with Gasteiger partial charge in [0, 0.05) is 19.8 Å². The molecular weight excluding hydrogens is 428 g/mol. The Labute approximate surface area is 193 Å². The fourth-order valence-corrected chi connectivity index (χ4v) is 8.70. The lowest BCUT2D eigenvalue weighted by atomic mass is 9.83. The van der Waals surface area contributed by atoms with Crippen molar-refractivity contribution in [1.29, 1.82) is 0 Å². The van der Waals surface area contributed by atoms with E-state index in [1.54, 1.807) is 0 Å². The van der Waals surface area contributed by atoms with Gasteiger partial charge in [0.1, 0.15) is 0 Å². The highest BCUT2D eigenvalue weighted by molar-refractivity contribution is 6.63. The van der Waals surface area contributed by atoms with Crippen LogP contribution in [0.15, 0.2) is 23.8 Å². The van der Waals surface area contributed by atoms with Gasteiger partial charge in [0.25, 0.3) is 0 Å². The SMILES string of the molecule is C=C1CC(C(C)C)=C[C@@H]([Si](OCC)(OCC)OCC)[C@@H]2CC(C(=O)OC)(C(=O)OC)C[C@H]12. The van der Waals surface area contributed by atoms with E-state index in [4.69, 9.17) is 22.8 Å². The van der Waals surface area contributed by atoms with Gasteiger partial charge >= 0.3 is 20.7 Å². The van der Waals surface area contributed by atoms with E-state index >= 15 is 0 Å². The number of ether oxygens (including phenoxy) is 2. The van der Waals surface area contributed by atoms with Crippen LogP contribution in [0.3, 0.4) is 0 Å². The second-order valence-electron chi connectivity index (χ2n) is 8.90. The van der Waals surface area contributed by atoms with E-state index in [0.717, 1.165) is 5.57 Å². The number of methoxy groups -OCH3 is 2. The number of hydrogen-bond donors (Lipinski definition) is 0. The largest absolute Gasteiger partial charge is 0.508 e. The Kier molecular flexibility index (Phi) is 9.28. The predicted octanol–water partition coefficient (Wildman–Crippen LogP) is 4.31. The second-order valence-corrected chi connectivity index (χ2v) is 11.6. The molecule has 0 heterocycles. The predicted molar refractivity (Wildman–Crippen MR) is 124 cm³/mol. The molecule has 2 rings (SSSR count). The quantitative estimate of drug-likeness (QED) is 0.205. The molecule has 1 saturated carbocycles. The van der Waals surface area contributed by atoms with Crippen molar-refractivity contribution in [1.82, 2.24) is 0 Å². The number of fused-ring (bicyclic) bond motifs is 1. The van der Waals surface area contributed by atoms with E-state index in [9.17, 15) is 9.59 Å². The lowest BCUT2D eigenvalue weighted by molar-refractivity contribution is -0.169. The van der Waals surface area contributed by atoms with Crippen LogP contribution in [0.2, 0.25) is 5.54 Å². The van der Waals surface area contributed by atoms with Crippen LogP contribution in [0.5, 0.6) is 0 Å². The van der Waals surface area contributed by atoms with Crippen molar-refractivity contribution in [3.8, 4) is 0 Å². The minimum atomic E-state index is -3.20. The van der Waals surface area contributed by atoms with E-state index in [2.05, 4.69) is 26.5 Å². The van der Waals surface area contributed by atoms with Crippen LogP contribution in [0.4, 0.5) is 0 Å². The topological polar surface area (TPSA) is 80.3 Å². The molecule has 0 aromatic heterocycles. The third-order valence-electron chi connectivity index (χ3n) is 6.82. The zero-order valence-corrected chi connectivity index (χ0v) is 21.7. The first-order chi connectivity index (χ1) is 15.2. The molecular formula is C24H40O7Si. The Morgan fingerprint density at radius 3 is 1.94 bits per heavy atom. The second kappa shape index (κ2) is 11.1. The van der Waals surface area contributed by atoms with Gasteiger partial charge in [0.05, 0.1) is 19.8 Å². The maximum Gasteiger partial charge on any atom is 0.508 e. The van der Waals surface area contributed by atoms with Crippen molar-refractivity contribution < 1.29 is 32.3 Å². The van der Waals surface area contributed by atoms with Crippen molar-refractivity contribution in [2.75, 3.05) is 34.0 Å². The van der Waals surface area contributed by atoms with E-state index in [-0.39, 0.29) is 23.8 Å². The van der Waals surface area contributed by atoms with Gasteiger partial charge in [-0.2, -0.15) is 0 Å². The van der Waals surface area contributed by atoms with Crippen molar-refractivity contribution in [3.63, 3.8) is 0 Å². The Hall–Kier alpha value is -1.48. The lowest BCUT2D eigenvalue weighted by Gasteiger charge is -2.38. The summed E-state index contributed by atoms with van der Waals surface area (Å²) >= 11 is 0. The van der Waals surface area contributed by atoms with Crippen LogP contribution in [-0.4, -0.2) is 54.8 Å². The van der Waals surface area contributed by atoms with Gasteiger partial charge in [-0.15, -0.1) is 0 Å². The Morgan fingerprint density at radius 2 is 1.53 bits per heavy atom. The fourth-order valence-electron chi connectivity index (χ4n) is 5.37. The van der Waals surface area contributed by atoms with Gasteiger partial charge < -0.3 is 22.8 Å². The standard InChI is InChI=1S/C24H40O7Si/c1-9-29-32(30-10-2,31-11-3)21-13-18(16(4)5)12-17(6)19-14-24(15-20(19)21,22(25)27-7)23(26)28-8/h13,16,19-21H,6,9-12,14-15H2,1-5,7-8H3/t19-,20-,21-/m1/s1. The molecule has 0 bridgehead atoms. The van der Waals surface area contributed by atoms with Gasteiger partial charge in [-0.25, -0.2) is 0 Å². The average Bonchev–Trinajstić information content (AvgIpc) is 3.11. The monoisotopic (exact) mass is 468 g/mol. The summed E-state index contributed by atoms with van der Waals surface area (Å²) < 4.78 is 29.1. The first-order valence-electron chi connectivity index (χ1n) is 11.6. The van der Waals surface area contributed by atoms with E-state index < -0.39 is 26.2 Å². The summed E-state index contributed by atoms with van der Waals surface area (Å²) in [6.45, 7) is 15.9. The minimum absolute atomic E-state index is 0.0843. The molecule has 3 atom stereocenters. The molecule has 2 aliphatic carbocycles. The van der Waals surface area contributed by atoms with Gasteiger partial charge in [0.15, 0.2) is 5.41 Å². The minimum Gasteiger partial charge on any atom is -0.468 e. The van der Waals surface area contributed by atoms with Gasteiger partial charge in [-0.1, -0.05) is 37.6 Å². The maximum atomic E-state index is 12.9. The summed E-state index contributed by atoms with van der Waals surface area (Å²) in [5.41, 5.74) is 0.695. The summed E-state index contributed by atoms with van der Waals surface area (Å²) in [5, 5.41) is 0. The molecule has 0 N–H and O–H groups in total. The highest BCUT2D eigenvalue weighted by Crippen LogP contribution is 2.59. The molecule has 2 aliphatic rings. The van der Waals surface area contributed by atoms with Crippen molar-refractivity contribution in [3.05, 3.63) is 23.8 Å². The first-order valence-corrected chi connectivity index (χ1v) is 13.4. The molecule has 182 valence electrons. The van der Waals surface area contributed by atoms with Crippen LogP contribution in [0.1, 0.15) is 53.9 Å². The van der Waals surface area contributed by atoms with Crippen molar-refractivity contribution >= 4 is 20.7 Å². The highest BCUT2D eigenvalue weighted by Gasteiger charge is 2.64. The first kappa shape index (κ1) is 26.8. The maximum absolute atomic E-state index is 12.9. The molecule has 0 spiro atoms. The lowest BCUT2D eigenvalue weighted by Crippen LogP contribution is -2.52. The van der Waals surface area contributed by atoms with E-state index in [1.165, 1.54) is 19.8 Å². The van der Waals surface area contributed by atoms with Crippen molar-refractivity contribution in [2.24, 2.45) is 23.2 Å². The molecule has 0 unspecified atom stereocenters. The molecule has 0 radical (unpaired) electrons. The van der Waals surface area contributed by atoms with E-state index in [0.29, 0.717) is 38.6 Å². The van der Waals surface area contributed by atoms with Gasteiger partial charge in [-0.3, -0.25) is 9.59 Å². The molecule has 0 amide bonds. The Morgan fingerprint density at radius 1 is 1.03 bits per heavy atom. The zero-order valence-electron chi connectivity index (χ0n) is 20.7. The molecule has 1 fully saturated rings. The van der Waals surface area contributed by atoms with Crippen LogP contribution < -0.4 is 0 Å². The average molecular weight is 469 g/mol. The summed E-state index contributed by atoms with van der Waals surface area (Å²) in [6.07, 6.45) is 3.53. The van der Waals surface area contributed by atoms with Crippen LogP contribution in [0, 0.1) is 23.2 Å². The Bertz CT molecular complexity index is 697. The number of rotatable bonds is 10. The third kappa shape index (κ3) is 4.88.